The van der Waals surface area contributed by atoms with Crippen molar-refractivity contribution >= 4 is 19.3 Å². The monoisotopic (exact) mass is 223 g/mol. The first-order valence-corrected chi connectivity index (χ1v) is 5.51. The van der Waals surface area contributed by atoms with Gasteiger partial charge in [-0.2, -0.15) is 0 Å². The molecule has 2 rings (SSSR count). The normalized spacial score (nSPS) is 31.6. The molecule has 0 aliphatic carbocycles. The maximum Gasteiger partial charge on any atom is 0.468 e. The van der Waals surface area contributed by atoms with Crippen molar-refractivity contribution in [2.45, 2.75) is 44.7 Å². The lowest BCUT2D eigenvalue weighted by Gasteiger charge is -2.32. The Balaban J connectivity index is 2.08. The first-order valence-electron chi connectivity index (χ1n) is 5.51. The van der Waals surface area contributed by atoms with E-state index >= 15 is 0 Å². The molecule has 16 heavy (non-hydrogen) atoms. The van der Waals surface area contributed by atoms with Gasteiger partial charge < -0.3 is 15.0 Å². The molecule has 1 saturated heterocycles. The highest BCUT2D eigenvalue weighted by molar-refractivity contribution is 6.52. The standard InChI is InChI=1S/C10H18BN3O2/c1-9(2)10(3,4)16-11(15-9)7-5-13-8(12)14-6-7/h5,7H,6H2,1-4H3,(H2,12,14). The molecule has 1 atom stereocenters. The molecule has 0 aromatic heterocycles. The lowest BCUT2D eigenvalue weighted by Crippen LogP contribution is -2.41. The third-order valence-corrected chi connectivity index (χ3v) is 3.48. The summed E-state index contributed by atoms with van der Waals surface area (Å²) in [6, 6.07) is 0. The lowest BCUT2D eigenvalue weighted by molar-refractivity contribution is 0.00578. The van der Waals surface area contributed by atoms with E-state index in [1.54, 1.807) is 6.21 Å². The Bertz CT molecular complexity index is 336. The van der Waals surface area contributed by atoms with Crippen LogP contribution >= 0.6 is 0 Å². The molecule has 2 aliphatic rings. The topological polar surface area (TPSA) is 69.2 Å². The van der Waals surface area contributed by atoms with Crippen molar-refractivity contribution in [1.29, 1.82) is 0 Å². The smallest absolute Gasteiger partial charge is 0.403 e. The van der Waals surface area contributed by atoms with Gasteiger partial charge in [0, 0.05) is 18.6 Å². The third kappa shape index (κ3) is 1.87. The number of hydrogen-bond donors (Lipinski definition) is 1. The summed E-state index contributed by atoms with van der Waals surface area (Å²) >= 11 is 0. The number of guanidine groups is 1. The van der Waals surface area contributed by atoms with E-state index in [1.165, 1.54) is 0 Å². The van der Waals surface area contributed by atoms with E-state index in [9.17, 15) is 0 Å². The number of hydrogen-bond acceptors (Lipinski definition) is 5. The maximum absolute atomic E-state index is 5.92. The molecule has 5 nitrogen and oxygen atoms in total. The van der Waals surface area contributed by atoms with Gasteiger partial charge in [-0.05, 0) is 27.7 Å². The minimum absolute atomic E-state index is 0.0494. The summed E-state index contributed by atoms with van der Waals surface area (Å²) in [6.45, 7) is 8.70. The van der Waals surface area contributed by atoms with Crippen LogP contribution in [-0.2, 0) is 9.31 Å². The SMILES string of the molecule is CC1(C)OB(C2C=NC(N)=NC2)OC1(C)C. The van der Waals surface area contributed by atoms with Gasteiger partial charge in [0.2, 0.25) is 5.96 Å². The zero-order valence-electron chi connectivity index (χ0n) is 10.2. The Morgan fingerprint density at radius 3 is 2.31 bits per heavy atom. The second-order valence-corrected chi connectivity index (χ2v) is 5.27. The van der Waals surface area contributed by atoms with Gasteiger partial charge in [-0.15, -0.1) is 0 Å². The Hall–Kier alpha value is -0.875. The van der Waals surface area contributed by atoms with Gasteiger partial charge >= 0.3 is 7.12 Å². The van der Waals surface area contributed by atoms with Gasteiger partial charge in [-0.25, -0.2) is 4.99 Å². The minimum atomic E-state index is -0.307. The number of nitrogens with zero attached hydrogens (tertiary/aromatic N) is 2. The first-order chi connectivity index (χ1) is 7.32. The fraction of sp³-hybridized carbons (Fsp3) is 0.800. The second kappa shape index (κ2) is 3.57. The highest BCUT2D eigenvalue weighted by Crippen LogP contribution is 2.39. The number of nitrogens with two attached hydrogens (primary N) is 1. The van der Waals surface area contributed by atoms with Gasteiger partial charge in [0.05, 0.1) is 11.2 Å². The van der Waals surface area contributed by atoms with Crippen LogP contribution in [0.2, 0.25) is 5.82 Å². The Kier molecular flexibility index (Phi) is 2.59. The summed E-state index contributed by atoms with van der Waals surface area (Å²) in [5, 5.41) is 0. The molecule has 88 valence electrons. The molecule has 0 saturated carbocycles. The quantitative estimate of drug-likeness (QED) is 0.670. The largest absolute Gasteiger partial charge is 0.468 e. The molecule has 2 heterocycles. The van der Waals surface area contributed by atoms with Gasteiger partial charge in [-0.3, -0.25) is 4.99 Å². The Morgan fingerprint density at radius 1 is 1.31 bits per heavy atom. The molecule has 0 aromatic carbocycles. The predicted molar refractivity (Wildman–Crippen MR) is 64.8 cm³/mol. The van der Waals surface area contributed by atoms with Crippen molar-refractivity contribution in [3.05, 3.63) is 0 Å². The van der Waals surface area contributed by atoms with Crippen molar-refractivity contribution in [2.24, 2.45) is 15.7 Å². The zero-order valence-corrected chi connectivity index (χ0v) is 10.2. The average molecular weight is 223 g/mol. The van der Waals surface area contributed by atoms with Crippen molar-refractivity contribution in [3.8, 4) is 0 Å². The van der Waals surface area contributed by atoms with E-state index in [4.69, 9.17) is 15.0 Å². The lowest BCUT2D eigenvalue weighted by atomic mass is 9.72. The van der Waals surface area contributed by atoms with Gasteiger partial charge in [-0.1, -0.05) is 0 Å². The first kappa shape index (κ1) is 11.6. The molecular formula is C10H18BN3O2. The Labute approximate surface area is 96.3 Å². The third-order valence-electron chi connectivity index (χ3n) is 3.48. The van der Waals surface area contributed by atoms with Crippen molar-refractivity contribution in [2.75, 3.05) is 6.54 Å². The van der Waals surface area contributed by atoms with E-state index in [0.29, 0.717) is 12.5 Å². The van der Waals surface area contributed by atoms with E-state index in [1.807, 2.05) is 27.7 Å². The van der Waals surface area contributed by atoms with Crippen LogP contribution in [0.15, 0.2) is 9.98 Å². The van der Waals surface area contributed by atoms with Crippen molar-refractivity contribution in [1.82, 2.24) is 0 Å². The molecule has 2 N–H and O–H groups in total. The van der Waals surface area contributed by atoms with E-state index in [0.717, 1.165) is 0 Å². The van der Waals surface area contributed by atoms with Gasteiger partial charge in [0.1, 0.15) is 0 Å². The summed E-state index contributed by atoms with van der Waals surface area (Å²) in [4.78, 5) is 8.08. The van der Waals surface area contributed by atoms with E-state index < -0.39 is 0 Å². The summed E-state index contributed by atoms with van der Waals surface area (Å²) in [5.74, 6) is 0.376. The van der Waals surface area contributed by atoms with Crippen LogP contribution in [0, 0.1) is 0 Å². The average Bonchev–Trinajstić information content (AvgIpc) is 2.37. The van der Waals surface area contributed by atoms with Crippen LogP contribution < -0.4 is 5.73 Å². The van der Waals surface area contributed by atoms with Crippen LogP contribution in [-0.4, -0.2) is 37.0 Å². The minimum Gasteiger partial charge on any atom is -0.403 e. The zero-order chi connectivity index (χ0) is 12.0. The van der Waals surface area contributed by atoms with Crippen LogP contribution in [0.4, 0.5) is 0 Å². The van der Waals surface area contributed by atoms with Gasteiger partial charge in [0.25, 0.3) is 0 Å². The predicted octanol–water partition coefficient (Wildman–Crippen LogP) is 0.848. The molecule has 0 radical (unpaired) electrons. The number of aliphatic imine (C=N–C) groups is 2. The molecule has 1 unspecified atom stereocenters. The molecular weight excluding hydrogens is 205 g/mol. The summed E-state index contributed by atoms with van der Waals surface area (Å²) in [6.07, 6.45) is 1.77. The highest BCUT2D eigenvalue weighted by atomic mass is 16.7. The molecule has 2 aliphatic heterocycles. The molecule has 0 bridgehead atoms. The van der Waals surface area contributed by atoms with E-state index in [-0.39, 0.29) is 24.1 Å². The van der Waals surface area contributed by atoms with Crippen molar-refractivity contribution < 1.29 is 9.31 Å². The molecule has 0 spiro atoms. The molecule has 0 aromatic rings. The second-order valence-electron chi connectivity index (χ2n) is 5.27. The van der Waals surface area contributed by atoms with Crippen LogP contribution in [0.3, 0.4) is 0 Å². The van der Waals surface area contributed by atoms with Gasteiger partial charge in [0.15, 0.2) is 0 Å². The fourth-order valence-electron chi connectivity index (χ4n) is 1.68. The van der Waals surface area contributed by atoms with E-state index in [2.05, 4.69) is 9.98 Å². The summed E-state index contributed by atoms with van der Waals surface area (Å²) in [7, 11) is -0.286. The van der Waals surface area contributed by atoms with Crippen LogP contribution in [0.25, 0.3) is 0 Å². The van der Waals surface area contributed by atoms with Crippen LogP contribution in [0.1, 0.15) is 27.7 Å². The Morgan fingerprint density at radius 2 is 1.88 bits per heavy atom. The summed E-state index contributed by atoms with van der Waals surface area (Å²) in [5.41, 5.74) is 4.86. The molecule has 6 heteroatoms. The van der Waals surface area contributed by atoms with Crippen molar-refractivity contribution in [3.63, 3.8) is 0 Å². The molecule has 1 fully saturated rings. The summed E-state index contributed by atoms with van der Waals surface area (Å²) < 4.78 is 11.8. The maximum atomic E-state index is 5.92. The fourth-order valence-corrected chi connectivity index (χ4v) is 1.68. The van der Waals surface area contributed by atoms with Crippen LogP contribution in [0.5, 0.6) is 0 Å². The molecule has 0 amide bonds. The number of rotatable bonds is 1. The highest BCUT2D eigenvalue weighted by Gasteiger charge is 2.53.